The molecule has 2 nitrogen and oxygen atoms in total. The highest BCUT2D eigenvalue weighted by Gasteiger charge is 2.18. The van der Waals surface area contributed by atoms with E-state index >= 15 is 0 Å². The summed E-state index contributed by atoms with van der Waals surface area (Å²) in [5.41, 5.74) is 0.512. The van der Waals surface area contributed by atoms with Crippen molar-refractivity contribution in [3.8, 4) is 0 Å². The van der Waals surface area contributed by atoms with Crippen molar-refractivity contribution < 1.29 is 4.79 Å². The molecule has 106 valence electrons. The molecule has 0 aliphatic heterocycles. The highest BCUT2D eigenvalue weighted by Crippen LogP contribution is 2.32. The molecule has 0 fully saturated rings. The maximum absolute atomic E-state index is 12.2. The number of carbonyl (C=O) groups excluding carboxylic acids is 1. The monoisotopic (exact) mass is 321 g/mol. The van der Waals surface area contributed by atoms with Crippen LogP contribution in [-0.4, -0.2) is 5.91 Å². The number of hydrogen-bond acceptors (Lipinski definition) is 1. The largest absolute Gasteiger partial charge is 0.324 e. The van der Waals surface area contributed by atoms with Gasteiger partial charge in [0.2, 0.25) is 5.91 Å². The van der Waals surface area contributed by atoms with Gasteiger partial charge in [-0.05, 0) is 25.0 Å². The molecule has 0 saturated carbocycles. The van der Waals surface area contributed by atoms with E-state index in [-0.39, 0.29) is 11.8 Å². The molecule has 1 rings (SSSR count). The van der Waals surface area contributed by atoms with Crippen LogP contribution >= 0.6 is 34.8 Å². The van der Waals surface area contributed by atoms with Crippen LogP contribution < -0.4 is 5.32 Å². The van der Waals surface area contributed by atoms with Crippen LogP contribution in [0.3, 0.4) is 0 Å². The third kappa shape index (κ3) is 4.87. The van der Waals surface area contributed by atoms with Crippen molar-refractivity contribution in [1.29, 1.82) is 0 Å². The summed E-state index contributed by atoms with van der Waals surface area (Å²) in [6.07, 6.45) is 3.71. The molecule has 0 radical (unpaired) electrons. The van der Waals surface area contributed by atoms with E-state index in [9.17, 15) is 4.79 Å². The van der Waals surface area contributed by atoms with E-state index < -0.39 is 0 Å². The third-order valence-electron chi connectivity index (χ3n) is 2.91. The Bertz CT molecular complexity index is 443. The van der Waals surface area contributed by atoms with Crippen molar-refractivity contribution in [2.24, 2.45) is 5.92 Å². The minimum atomic E-state index is -0.0102. The van der Waals surface area contributed by atoms with Crippen LogP contribution in [0, 0.1) is 5.92 Å². The zero-order valence-electron chi connectivity index (χ0n) is 11.1. The molecule has 0 heterocycles. The zero-order valence-corrected chi connectivity index (χ0v) is 13.4. The summed E-state index contributed by atoms with van der Waals surface area (Å²) in [5, 5.41) is 3.99. The van der Waals surface area contributed by atoms with E-state index in [1.807, 2.05) is 0 Å². The van der Waals surface area contributed by atoms with Crippen molar-refractivity contribution in [2.75, 3.05) is 5.32 Å². The Hall–Kier alpha value is -0.440. The van der Waals surface area contributed by atoms with Crippen molar-refractivity contribution in [3.05, 3.63) is 27.2 Å². The molecule has 5 heteroatoms. The molecule has 0 saturated heterocycles. The van der Waals surface area contributed by atoms with Crippen LogP contribution in [0.15, 0.2) is 12.1 Å². The van der Waals surface area contributed by atoms with Gasteiger partial charge in [-0.3, -0.25) is 4.79 Å². The Kier molecular flexibility index (Phi) is 6.98. The van der Waals surface area contributed by atoms with Crippen LogP contribution in [0.4, 0.5) is 5.69 Å². The zero-order chi connectivity index (χ0) is 14.4. The Morgan fingerprint density at radius 3 is 2.11 bits per heavy atom. The molecular weight excluding hydrogens is 305 g/mol. The number of hydrogen-bond donors (Lipinski definition) is 1. The molecule has 19 heavy (non-hydrogen) atoms. The lowest BCUT2D eigenvalue weighted by Crippen LogP contribution is -2.22. The fourth-order valence-corrected chi connectivity index (χ4v) is 2.55. The van der Waals surface area contributed by atoms with Gasteiger partial charge < -0.3 is 5.32 Å². The summed E-state index contributed by atoms with van der Waals surface area (Å²) < 4.78 is 0. The maximum atomic E-state index is 12.2. The first-order chi connectivity index (χ1) is 8.99. The molecule has 1 amide bonds. The summed E-state index contributed by atoms with van der Waals surface area (Å²) in [7, 11) is 0. The van der Waals surface area contributed by atoms with Crippen molar-refractivity contribution in [1.82, 2.24) is 0 Å². The summed E-state index contributed by atoms with van der Waals surface area (Å²) in [4.78, 5) is 12.2. The molecule has 0 bridgehead atoms. The number of amides is 1. The SMILES string of the molecule is CCCC(CCC)C(=O)Nc1cc(Cl)c(Cl)cc1Cl. The summed E-state index contributed by atoms with van der Waals surface area (Å²) in [5.74, 6) is 0.00418. The maximum Gasteiger partial charge on any atom is 0.227 e. The van der Waals surface area contributed by atoms with Gasteiger partial charge in [0, 0.05) is 5.92 Å². The minimum Gasteiger partial charge on any atom is -0.324 e. The van der Waals surface area contributed by atoms with Gasteiger partial charge >= 0.3 is 0 Å². The van der Waals surface area contributed by atoms with Gasteiger partial charge in [0.25, 0.3) is 0 Å². The van der Waals surface area contributed by atoms with Crippen LogP contribution in [0.25, 0.3) is 0 Å². The van der Waals surface area contributed by atoms with Gasteiger partial charge in [-0.15, -0.1) is 0 Å². The van der Waals surface area contributed by atoms with Gasteiger partial charge in [0.1, 0.15) is 0 Å². The number of anilines is 1. The van der Waals surface area contributed by atoms with Crippen LogP contribution in [-0.2, 0) is 4.79 Å². The summed E-state index contributed by atoms with van der Waals surface area (Å²) >= 11 is 17.8. The van der Waals surface area contributed by atoms with E-state index in [1.54, 1.807) is 6.07 Å². The normalized spacial score (nSPS) is 10.8. The van der Waals surface area contributed by atoms with E-state index in [4.69, 9.17) is 34.8 Å². The minimum absolute atomic E-state index is 0.0102. The first-order valence-electron chi connectivity index (χ1n) is 6.45. The van der Waals surface area contributed by atoms with Gasteiger partial charge in [-0.25, -0.2) is 0 Å². The average molecular weight is 323 g/mol. The molecule has 0 atom stereocenters. The van der Waals surface area contributed by atoms with Gasteiger partial charge in [-0.1, -0.05) is 61.5 Å². The topological polar surface area (TPSA) is 29.1 Å². The molecule has 1 N–H and O–H groups in total. The lowest BCUT2D eigenvalue weighted by atomic mass is 9.97. The Labute approximate surface area is 129 Å². The Morgan fingerprint density at radius 2 is 1.58 bits per heavy atom. The van der Waals surface area contributed by atoms with E-state index in [0.717, 1.165) is 25.7 Å². The molecule has 0 aliphatic rings. The van der Waals surface area contributed by atoms with Gasteiger partial charge in [0.05, 0.1) is 20.8 Å². The van der Waals surface area contributed by atoms with Gasteiger partial charge in [0.15, 0.2) is 0 Å². The number of nitrogens with one attached hydrogen (secondary N) is 1. The number of halogens is 3. The smallest absolute Gasteiger partial charge is 0.227 e. The molecule has 1 aromatic rings. The highest BCUT2D eigenvalue weighted by atomic mass is 35.5. The highest BCUT2D eigenvalue weighted by molar-refractivity contribution is 6.44. The molecule has 1 aromatic carbocycles. The van der Waals surface area contributed by atoms with E-state index in [2.05, 4.69) is 19.2 Å². The number of benzene rings is 1. The van der Waals surface area contributed by atoms with Crippen LogP contribution in [0.2, 0.25) is 15.1 Å². The second kappa shape index (κ2) is 7.98. The lowest BCUT2D eigenvalue weighted by molar-refractivity contribution is -0.120. The number of rotatable bonds is 6. The predicted octanol–water partition coefficient (Wildman–Crippen LogP) is 5.80. The molecule has 0 spiro atoms. The summed E-state index contributed by atoms with van der Waals surface area (Å²) in [6.45, 7) is 4.14. The van der Waals surface area contributed by atoms with Crippen molar-refractivity contribution in [2.45, 2.75) is 39.5 Å². The van der Waals surface area contributed by atoms with Crippen molar-refractivity contribution >= 4 is 46.4 Å². The van der Waals surface area contributed by atoms with Crippen LogP contribution in [0.5, 0.6) is 0 Å². The van der Waals surface area contributed by atoms with Crippen LogP contribution in [0.1, 0.15) is 39.5 Å². The number of carbonyl (C=O) groups is 1. The fourth-order valence-electron chi connectivity index (χ4n) is 1.96. The predicted molar refractivity (Wildman–Crippen MR) is 83.4 cm³/mol. The second-order valence-corrected chi connectivity index (χ2v) is 5.73. The van der Waals surface area contributed by atoms with Crippen molar-refractivity contribution in [3.63, 3.8) is 0 Å². The molecule has 0 aliphatic carbocycles. The fraction of sp³-hybridized carbons (Fsp3) is 0.500. The first kappa shape index (κ1) is 16.6. The third-order valence-corrected chi connectivity index (χ3v) is 3.95. The first-order valence-corrected chi connectivity index (χ1v) is 7.58. The van der Waals surface area contributed by atoms with E-state index in [1.165, 1.54) is 6.07 Å². The Morgan fingerprint density at radius 1 is 1.05 bits per heavy atom. The molecular formula is C14H18Cl3NO. The average Bonchev–Trinajstić information content (AvgIpc) is 2.35. The quantitative estimate of drug-likeness (QED) is 0.659. The lowest BCUT2D eigenvalue weighted by Gasteiger charge is -2.16. The summed E-state index contributed by atoms with van der Waals surface area (Å²) in [6, 6.07) is 3.12. The van der Waals surface area contributed by atoms with Gasteiger partial charge in [-0.2, -0.15) is 0 Å². The Balaban J connectivity index is 2.83. The standard InChI is InChI=1S/C14H18Cl3NO/c1-3-5-9(6-4-2)14(19)18-13-8-11(16)10(15)7-12(13)17/h7-9H,3-6H2,1-2H3,(H,18,19). The molecule has 0 aromatic heterocycles. The second-order valence-electron chi connectivity index (χ2n) is 4.51. The van der Waals surface area contributed by atoms with E-state index in [0.29, 0.717) is 20.8 Å². The molecule has 0 unspecified atom stereocenters.